The maximum absolute atomic E-state index is 14.0. The summed E-state index contributed by atoms with van der Waals surface area (Å²) < 4.78 is 45.4. The first-order valence-corrected chi connectivity index (χ1v) is 15.0. The summed E-state index contributed by atoms with van der Waals surface area (Å²) in [6.07, 6.45) is 2.85. The van der Waals surface area contributed by atoms with E-state index in [-0.39, 0.29) is 22.3 Å². The van der Waals surface area contributed by atoms with Crippen LogP contribution in [0.3, 0.4) is 0 Å². The molecule has 0 bridgehead atoms. The van der Waals surface area contributed by atoms with Crippen molar-refractivity contribution in [2.45, 2.75) is 11.4 Å². The molecule has 2 aromatic heterocycles. The molecule has 0 fully saturated rings. The molecule has 0 aliphatic heterocycles. The number of hydrogen-bond acceptors (Lipinski definition) is 11. The van der Waals surface area contributed by atoms with E-state index >= 15 is 0 Å². The monoisotopic (exact) mass is 641 g/mol. The Morgan fingerprint density at radius 2 is 1.86 bits per heavy atom. The Kier molecular flexibility index (Phi) is 8.47. The van der Waals surface area contributed by atoms with Crippen LogP contribution in [0.4, 0.5) is 22.2 Å². The summed E-state index contributed by atoms with van der Waals surface area (Å²) in [4.78, 5) is 15.4. The number of rotatable bonds is 11. The van der Waals surface area contributed by atoms with Gasteiger partial charge in [0.2, 0.25) is 5.13 Å². The van der Waals surface area contributed by atoms with E-state index in [0.29, 0.717) is 39.0 Å². The minimum Gasteiger partial charge on any atom is -0.497 e. The molecule has 0 aliphatic rings. The molecule has 2 heterocycles. The highest BCUT2D eigenvalue weighted by Gasteiger charge is 2.31. The van der Waals surface area contributed by atoms with Crippen molar-refractivity contribution in [3.05, 3.63) is 93.9 Å². The summed E-state index contributed by atoms with van der Waals surface area (Å²) in [6, 6.07) is 15.4. The summed E-state index contributed by atoms with van der Waals surface area (Å²) in [6.45, 7) is -0.183. The molecule has 0 radical (unpaired) electrons. The molecule has 0 atom stereocenters. The van der Waals surface area contributed by atoms with Gasteiger partial charge < -0.3 is 14.8 Å². The normalized spacial score (nSPS) is 11.3. The molecule has 0 amide bonds. The van der Waals surface area contributed by atoms with Crippen molar-refractivity contribution in [3.63, 3.8) is 0 Å². The number of aryl methyl sites for hydroxylation is 1. The number of hydrogen-bond donors (Lipinski definition) is 1. The summed E-state index contributed by atoms with van der Waals surface area (Å²) in [7, 11) is 0.347. The highest BCUT2D eigenvalue weighted by atomic mass is 35.5. The summed E-state index contributed by atoms with van der Waals surface area (Å²) in [5, 5.41) is 20.0. The molecule has 5 aromatic rings. The van der Waals surface area contributed by atoms with Gasteiger partial charge in [-0.05, 0) is 48.5 Å². The lowest BCUT2D eigenvalue weighted by Crippen LogP contribution is -2.30. The molecule has 16 heteroatoms. The first-order chi connectivity index (χ1) is 20.6. The smallest absolute Gasteiger partial charge is 0.294 e. The SMILES string of the molecule is COc1ccc(CN(c2ncns2)S(=O)(=O)c2ccc(Nc3ccc(Cl)cc3-c3ccnn3C)c([N+](=O)[O-])c2)c(OC)c1. The molecule has 0 spiro atoms. The van der Waals surface area contributed by atoms with Crippen LogP contribution in [0.5, 0.6) is 11.5 Å². The zero-order valence-corrected chi connectivity index (χ0v) is 25.4. The van der Waals surface area contributed by atoms with Crippen LogP contribution < -0.4 is 19.1 Å². The second-order valence-corrected chi connectivity index (χ2v) is 12.1. The predicted molar refractivity (Wildman–Crippen MR) is 163 cm³/mol. The first kappa shape index (κ1) is 29.8. The van der Waals surface area contributed by atoms with Gasteiger partial charge in [0, 0.05) is 58.7 Å². The second-order valence-electron chi connectivity index (χ2n) is 9.00. The number of aromatic nitrogens is 4. The van der Waals surface area contributed by atoms with Crippen molar-refractivity contribution >= 4 is 55.4 Å². The van der Waals surface area contributed by atoms with Crippen molar-refractivity contribution in [2.24, 2.45) is 7.05 Å². The highest BCUT2D eigenvalue weighted by molar-refractivity contribution is 7.93. The van der Waals surface area contributed by atoms with E-state index in [9.17, 15) is 18.5 Å². The number of nitro groups is 1. The Morgan fingerprint density at radius 3 is 2.51 bits per heavy atom. The van der Waals surface area contributed by atoms with Gasteiger partial charge in [-0.2, -0.15) is 9.47 Å². The molecule has 0 unspecified atom stereocenters. The van der Waals surface area contributed by atoms with E-state index in [4.69, 9.17) is 21.1 Å². The van der Waals surface area contributed by atoms with Gasteiger partial charge in [-0.25, -0.2) is 17.7 Å². The number of ether oxygens (including phenoxy) is 2. The highest BCUT2D eigenvalue weighted by Crippen LogP contribution is 2.38. The van der Waals surface area contributed by atoms with E-state index in [1.807, 2.05) is 0 Å². The summed E-state index contributed by atoms with van der Waals surface area (Å²) in [5.74, 6) is 0.915. The number of methoxy groups -OCH3 is 2. The zero-order chi connectivity index (χ0) is 30.7. The number of benzene rings is 3. The van der Waals surface area contributed by atoms with Gasteiger partial charge in [-0.1, -0.05) is 11.6 Å². The Labute approximate surface area is 255 Å². The van der Waals surface area contributed by atoms with E-state index in [1.165, 1.54) is 32.7 Å². The zero-order valence-electron chi connectivity index (χ0n) is 23.0. The number of anilines is 3. The van der Waals surface area contributed by atoms with Crippen LogP contribution in [0.1, 0.15) is 5.56 Å². The van der Waals surface area contributed by atoms with Crippen molar-refractivity contribution in [1.29, 1.82) is 0 Å². The van der Waals surface area contributed by atoms with Gasteiger partial charge >= 0.3 is 0 Å². The minimum atomic E-state index is -4.37. The molecular weight excluding hydrogens is 618 g/mol. The largest absolute Gasteiger partial charge is 0.497 e. The van der Waals surface area contributed by atoms with E-state index in [0.717, 1.165) is 21.9 Å². The molecule has 0 saturated heterocycles. The van der Waals surface area contributed by atoms with Crippen LogP contribution in [0.25, 0.3) is 11.3 Å². The summed E-state index contributed by atoms with van der Waals surface area (Å²) in [5.41, 5.74) is 2.01. The van der Waals surface area contributed by atoms with Crippen molar-refractivity contribution in [3.8, 4) is 22.8 Å². The van der Waals surface area contributed by atoms with Crippen molar-refractivity contribution in [2.75, 3.05) is 23.8 Å². The Hall–Kier alpha value is -4.73. The quantitative estimate of drug-likeness (QED) is 0.141. The summed E-state index contributed by atoms with van der Waals surface area (Å²) >= 11 is 7.11. The third kappa shape index (κ3) is 6.09. The number of nitrogens with one attached hydrogen (secondary N) is 1. The molecular formula is C27H24ClN7O6S2. The van der Waals surface area contributed by atoms with Crippen LogP contribution in [-0.4, -0.2) is 46.7 Å². The average molecular weight is 642 g/mol. The van der Waals surface area contributed by atoms with Crippen LogP contribution in [0.15, 0.2) is 78.1 Å². The Morgan fingerprint density at radius 1 is 1.07 bits per heavy atom. The fraction of sp³-hybridized carbons (Fsp3) is 0.148. The lowest BCUT2D eigenvalue weighted by atomic mass is 10.1. The number of nitrogens with zero attached hydrogens (tertiary/aromatic N) is 6. The van der Waals surface area contributed by atoms with Gasteiger partial charge in [0.15, 0.2) is 0 Å². The number of halogens is 1. The third-order valence-corrected chi connectivity index (χ3v) is 9.24. The van der Waals surface area contributed by atoms with Gasteiger partial charge in [0.1, 0.15) is 23.5 Å². The molecule has 5 rings (SSSR count). The van der Waals surface area contributed by atoms with Crippen molar-refractivity contribution in [1.82, 2.24) is 19.1 Å². The average Bonchev–Trinajstić information content (AvgIpc) is 3.68. The van der Waals surface area contributed by atoms with Gasteiger partial charge in [0.05, 0.1) is 36.3 Å². The second kappa shape index (κ2) is 12.2. The lowest BCUT2D eigenvalue weighted by Gasteiger charge is -2.23. The fourth-order valence-electron chi connectivity index (χ4n) is 4.35. The Balaban J connectivity index is 1.55. The third-order valence-electron chi connectivity index (χ3n) is 6.47. The lowest BCUT2D eigenvalue weighted by molar-refractivity contribution is -0.384. The fourth-order valence-corrected chi connectivity index (χ4v) is 6.67. The van der Waals surface area contributed by atoms with E-state index in [1.54, 1.807) is 60.4 Å². The molecule has 0 saturated carbocycles. The Bertz CT molecular complexity index is 1900. The van der Waals surface area contributed by atoms with Crippen LogP contribution in [0, 0.1) is 10.1 Å². The topological polar surface area (TPSA) is 155 Å². The number of nitro benzene ring substituents is 1. The number of sulfonamides is 1. The first-order valence-electron chi connectivity index (χ1n) is 12.5. The standard InChI is InChI=1S/C27H24ClN7O6S2/c1-33-24(10-11-30-33)21-12-18(28)5-8-22(21)32-23-9-7-20(14-25(23)35(36)37)43(38,39)34(27-29-16-31-42-27)15-17-4-6-19(40-2)13-26(17)41-3/h4-14,16,32H,15H2,1-3H3. The van der Waals surface area contributed by atoms with Gasteiger partial charge in [-0.15, -0.1) is 0 Å². The van der Waals surface area contributed by atoms with E-state index < -0.39 is 20.6 Å². The van der Waals surface area contributed by atoms with Crippen molar-refractivity contribution < 1.29 is 22.8 Å². The molecule has 1 N–H and O–H groups in total. The maximum Gasteiger partial charge on any atom is 0.294 e. The van der Waals surface area contributed by atoms with Crippen LogP contribution >= 0.6 is 23.1 Å². The molecule has 43 heavy (non-hydrogen) atoms. The molecule has 222 valence electrons. The van der Waals surface area contributed by atoms with E-state index in [2.05, 4.69) is 19.8 Å². The predicted octanol–water partition coefficient (Wildman–Crippen LogP) is 5.66. The van der Waals surface area contributed by atoms with Crippen LogP contribution in [-0.2, 0) is 23.6 Å². The molecule has 13 nitrogen and oxygen atoms in total. The van der Waals surface area contributed by atoms with Gasteiger partial charge in [0.25, 0.3) is 15.7 Å². The maximum atomic E-state index is 14.0. The molecule has 0 aliphatic carbocycles. The van der Waals surface area contributed by atoms with Gasteiger partial charge in [-0.3, -0.25) is 14.8 Å². The van der Waals surface area contributed by atoms with Crippen LogP contribution in [0.2, 0.25) is 5.02 Å². The molecule has 3 aromatic carbocycles. The minimum absolute atomic E-state index is 0.0738.